The fourth-order valence-corrected chi connectivity index (χ4v) is 3.65. The van der Waals surface area contributed by atoms with E-state index in [0.29, 0.717) is 37.0 Å². The normalized spacial score (nSPS) is 23.4. The number of fused-ring (bicyclic) bond motifs is 2. The van der Waals surface area contributed by atoms with Gasteiger partial charge in [-0.05, 0) is 44.4 Å². The zero-order valence-electron chi connectivity index (χ0n) is 13.5. The van der Waals surface area contributed by atoms with E-state index in [-0.39, 0.29) is 11.8 Å². The molecule has 2 aliphatic rings. The van der Waals surface area contributed by atoms with Gasteiger partial charge in [-0.2, -0.15) is 0 Å². The van der Waals surface area contributed by atoms with Gasteiger partial charge in [-0.15, -0.1) is 0 Å². The van der Waals surface area contributed by atoms with Crippen molar-refractivity contribution in [2.75, 3.05) is 19.6 Å². The Balaban J connectivity index is 1.42. The first-order chi connectivity index (χ1) is 11.3. The van der Waals surface area contributed by atoms with Crippen LogP contribution in [0.15, 0.2) is 30.3 Å². The predicted molar refractivity (Wildman–Crippen MR) is 89.2 cm³/mol. The first-order valence-electron chi connectivity index (χ1n) is 8.61. The summed E-state index contributed by atoms with van der Waals surface area (Å²) in [4.78, 5) is 26.6. The highest BCUT2D eigenvalue weighted by Gasteiger charge is 2.37. The van der Waals surface area contributed by atoms with Crippen molar-refractivity contribution < 1.29 is 9.59 Å². The van der Waals surface area contributed by atoms with E-state index in [4.69, 9.17) is 0 Å². The Labute approximate surface area is 137 Å². The van der Waals surface area contributed by atoms with E-state index in [2.05, 4.69) is 15.5 Å². The molecule has 5 heteroatoms. The zero-order chi connectivity index (χ0) is 16.1. The predicted octanol–water partition coefficient (Wildman–Crippen LogP) is 1.55. The molecule has 5 nitrogen and oxygen atoms in total. The van der Waals surface area contributed by atoms with Crippen LogP contribution in [0.4, 0.5) is 0 Å². The van der Waals surface area contributed by atoms with E-state index in [0.717, 1.165) is 32.4 Å². The van der Waals surface area contributed by atoms with Gasteiger partial charge in [0.25, 0.3) is 5.91 Å². The molecule has 2 atom stereocenters. The maximum absolute atomic E-state index is 12.5. The monoisotopic (exact) mass is 315 g/mol. The van der Waals surface area contributed by atoms with Crippen molar-refractivity contribution in [2.24, 2.45) is 0 Å². The molecule has 2 heterocycles. The topological polar surface area (TPSA) is 61.4 Å². The van der Waals surface area contributed by atoms with Crippen molar-refractivity contribution in [1.82, 2.24) is 15.5 Å². The molecule has 1 aromatic rings. The first kappa shape index (κ1) is 16.0. The molecular formula is C18H25N3O2. The van der Waals surface area contributed by atoms with E-state index in [1.165, 1.54) is 0 Å². The number of rotatable bonds is 5. The Morgan fingerprint density at radius 3 is 2.74 bits per heavy atom. The third-order valence-electron chi connectivity index (χ3n) is 4.83. The van der Waals surface area contributed by atoms with E-state index >= 15 is 0 Å². The minimum Gasteiger partial charge on any atom is -0.352 e. The maximum atomic E-state index is 12.5. The highest BCUT2D eigenvalue weighted by molar-refractivity contribution is 5.94. The summed E-state index contributed by atoms with van der Waals surface area (Å²) < 4.78 is 0. The second-order valence-electron chi connectivity index (χ2n) is 6.40. The summed E-state index contributed by atoms with van der Waals surface area (Å²) in [6.45, 7) is 2.48. The molecule has 2 fully saturated rings. The van der Waals surface area contributed by atoms with Gasteiger partial charge in [0.05, 0.1) is 0 Å². The van der Waals surface area contributed by atoms with Gasteiger partial charge >= 0.3 is 0 Å². The lowest BCUT2D eigenvalue weighted by Crippen LogP contribution is -2.42. The molecule has 2 aliphatic heterocycles. The number of nitrogens with zero attached hydrogens (tertiary/aromatic N) is 1. The maximum Gasteiger partial charge on any atom is 0.251 e. The van der Waals surface area contributed by atoms with E-state index < -0.39 is 0 Å². The Kier molecular flexibility index (Phi) is 5.28. The Bertz CT molecular complexity index is 532. The van der Waals surface area contributed by atoms with Crippen LogP contribution in [0.2, 0.25) is 0 Å². The largest absolute Gasteiger partial charge is 0.352 e. The molecule has 0 radical (unpaired) electrons. The molecule has 124 valence electrons. The molecule has 23 heavy (non-hydrogen) atoms. The number of carbonyl (C=O) groups excluding carboxylic acids is 2. The molecule has 2 bridgehead atoms. The lowest BCUT2D eigenvalue weighted by atomic mass is 10.1. The minimum absolute atomic E-state index is 0.0721. The van der Waals surface area contributed by atoms with Gasteiger partial charge in [0.1, 0.15) is 0 Å². The van der Waals surface area contributed by atoms with Crippen molar-refractivity contribution in [3.8, 4) is 0 Å². The van der Waals surface area contributed by atoms with Crippen LogP contribution in [-0.2, 0) is 4.79 Å². The summed E-state index contributed by atoms with van der Waals surface area (Å²) in [6.07, 6.45) is 4.53. The number of hydrogen-bond acceptors (Lipinski definition) is 3. The fraction of sp³-hybridized carbons (Fsp3) is 0.556. The molecule has 2 amide bonds. The van der Waals surface area contributed by atoms with Crippen LogP contribution in [0, 0.1) is 0 Å². The second kappa shape index (κ2) is 7.59. The molecule has 0 saturated carbocycles. The van der Waals surface area contributed by atoms with Crippen molar-refractivity contribution in [3.63, 3.8) is 0 Å². The third-order valence-corrected chi connectivity index (χ3v) is 4.83. The third kappa shape index (κ3) is 3.91. The molecule has 0 aliphatic carbocycles. The highest BCUT2D eigenvalue weighted by Crippen LogP contribution is 2.28. The Morgan fingerprint density at radius 1 is 1.13 bits per heavy atom. The van der Waals surface area contributed by atoms with E-state index in [1.54, 1.807) is 12.1 Å². The van der Waals surface area contributed by atoms with Crippen molar-refractivity contribution >= 4 is 11.8 Å². The number of nitrogens with one attached hydrogen (secondary N) is 2. The van der Waals surface area contributed by atoms with Crippen LogP contribution in [0.3, 0.4) is 0 Å². The van der Waals surface area contributed by atoms with Crippen LogP contribution >= 0.6 is 0 Å². The zero-order valence-corrected chi connectivity index (χ0v) is 13.5. The number of carbonyl (C=O) groups is 2. The van der Waals surface area contributed by atoms with Crippen LogP contribution in [0.25, 0.3) is 0 Å². The summed E-state index contributed by atoms with van der Waals surface area (Å²) in [5.74, 6) is 0.173. The molecular weight excluding hydrogens is 290 g/mol. The van der Waals surface area contributed by atoms with Gasteiger partial charge < -0.3 is 15.5 Å². The van der Waals surface area contributed by atoms with Crippen molar-refractivity contribution in [1.29, 1.82) is 0 Å². The lowest BCUT2D eigenvalue weighted by molar-refractivity contribution is -0.133. The Morgan fingerprint density at radius 2 is 1.91 bits per heavy atom. The summed E-state index contributed by atoms with van der Waals surface area (Å²) in [7, 11) is 0. The second-order valence-corrected chi connectivity index (χ2v) is 6.40. The summed E-state index contributed by atoms with van der Waals surface area (Å²) in [5, 5.41) is 6.30. The molecule has 2 N–H and O–H groups in total. The first-order valence-corrected chi connectivity index (χ1v) is 8.61. The quantitative estimate of drug-likeness (QED) is 0.811. The van der Waals surface area contributed by atoms with Gasteiger partial charge in [-0.3, -0.25) is 9.59 Å². The number of hydrogen-bond donors (Lipinski definition) is 2. The molecule has 0 spiro atoms. The van der Waals surface area contributed by atoms with Crippen LogP contribution in [-0.4, -0.2) is 48.4 Å². The SMILES string of the molecule is O=C(NCCCC(=O)N1C2CCNCC1CC2)c1ccccc1. The molecule has 2 saturated heterocycles. The molecule has 3 rings (SSSR count). The smallest absolute Gasteiger partial charge is 0.251 e. The minimum atomic E-state index is -0.0721. The van der Waals surface area contributed by atoms with Crippen molar-refractivity contribution in [3.05, 3.63) is 35.9 Å². The average molecular weight is 315 g/mol. The fourth-order valence-electron chi connectivity index (χ4n) is 3.65. The molecule has 0 aromatic heterocycles. The average Bonchev–Trinajstić information content (AvgIpc) is 2.85. The summed E-state index contributed by atoms with van der Waals surface area (Å²) >= 11 is 0. The van der Waals surface area contributed by atoms with Crippen LogP contribution in [0.5, 0.6) is 0 Å². The number of amides is 2. The van der Waals surface area contributed by atoms with Gasteiger partial charge in [0, 0.05) is 37.2 Å². The molecule has 2 unspecified atom stereocenters. The standard InChI is InChI=1S/C18H25N3O2/c22-17(21-15-8-9-16(21)13-19-12-10-15)7-4-11-20-18(23)14-5-2-1-3-6-14/h1-3,5-6,15-16,19H,4,7-13H2,(H,20,23). The summed E-state index contributed by atoms with van der Waals surface area (Å²) in [5.41, 5.74) is 0.662. The van der Waals surface area contributed by atoms with Crippen LogP contribution in [0.1, 0.15) is 42.5 Å². The van der Waals surface area contributed by atoms with Gasteiger partial charge in [0.2, 0.25) is 5.91 Å². The van der Waals surface area contributed by atoms with Gasteiger partial charge in [-0.25, -0.2) is 0 Å². The van der Waals surface area contributed by atoms with Gasteiger partial charge in [-0.1, -0.05) is 18.2 Å². The lowest BCUT2D eigenvalue weighted by Gasteiger charge is -2.28. The van der Waals surface area contributed by atoms with E-state index in [1.807, 2.05) is 18.2 Å². The number of benzene rings is 1. The van der Waals surface area contributed by atoms with Crippen molar-refractivity contribution in [2.45, 2.75) is 44.2 Å². The Hall–Kier alpha value is -1.88. The molecule has 1 aromatic carbocycles. The van der Waals surface area contributed by atoms with Crippen LogP contribution < -0.4 is 10.6 Å². The summed E-state index contributed by atoms with van der Waals surface area (Å²) in [6, 6.07) is 9.96. The van der Waals surface area contributed by atoms with E-state index in [9.17, 15) is 9.59 Å². The van der Waals surface area contributed by atoms with Gasteiger partial charge in [0.15, 0.2) is 0 Å². The highest BCUT2D eigenvalue weighted by atomic mass is 16.2.